The number of nitrogens with zero attached hydrogens (tertiary/aromatic N) is 1. The van der Waals surface area contributed by atoms with Crippen molar-refractivity contribution < 1.29 is 14.6 Å². The molecule has 2 atom stereocenters. The Morgan fingerprint density at radius 3 is 2.60 bits per heavy atom. The van der Waals surface area contributed by atoms with Gasteiger partial charge in [0.05, 0.1) is 17.8 Å². The van der Waals surface area contributed by atoms with Crippen LogP contribution in [-0.2, 0) is 4.74 Å². The summed E-state index contributed by atoms with van der Waals surface area (Å²) in [7, 11) is 0. The van der Waals surface area contributed by atoms with E-state index in [1.54, 1.807) is 24.3 Å². The Kier molecular flexibility index (Phi) is 5.16. The molecular weight excluding hydrogens is 338 g/mol. The molecule has 0 bridgehead atoms. The van der Waals surface area contributed by atoms with Gasteiger partial charge in [0, 0.05) is 36.5 Å². The van der Waals surface area contributed by atoms with Crippen LogP contribution in [0.4, 0.5) is 0 Å². The van der Waals surface area contributed by atoms with Gasteiger partial charge >= 0.3 is 0 Å². The van der Waals surface area contributed by atoms with E-state index in [1.165, 1.54) is 0 Å². The van der Waals surface area contributed by atoms with Crippen LogP contribution in [0.2, 0.25) is 5.02 Å². The Labute approximate surface area is 155 Å². The smallest absolute Gasteiger partial charge is 0.253 e. The number of hydrogen-bond acceptors (Lipinski definition) is 3. The second-order valence-corrected chi connectivity index (χ2v) is 8.99. The summed E-state index contributed by atoms with van der Waals surface area (Å²) in [6, 6.07) is 7.09. The summed E-state index contributed by atoms with van der Waals surface area (Å²) < 4.78 is 6.48. The van der Waals surface area contributed by atoms with E-state index in [0.717, 1.165) is 12.8 Å². The molecule has 2 aliphatic rings. The molecular formula is C20H28ClNO3. The number of piperidine rings is 1. The van der Waals surface area contributed by atoms with Crippen molar-refractivity contribution in [3.05, 3.63) is 34.9 Å². The van der Waals surface area contributed by atoms with Gasteiger partial charge in [-0.25, -0.2) is 0 Å². The average molecular weight is 366 g/mol. The Bertz CT molecular complexity index is 632. The van der Waals surface area contributed by atoms with E-state index < -0.39 is 0 Å². The van der Waals surface area contributed by atoms with E-state index in [-0.39, 0.29) is 29.1 Å². The molecule has 2 saturated heterocycles. The lowest BCUT2D eigenvalue weighted by atomic mass is 9.76. The van der Waals surface area contributed by atoms with E-state index in [1.807, 2.05) is 4.90 Å². The number of carbonyl (C=O) groups is 1. The van der Waals surface area contributed by atoms with Crippen molar-refractivity contribution in [2.24, 2.45) is 5.41 Å². The summed E-state index contributed by atoms with van der Waals surface area (Å²) >= 11 is 6.00. The number of carbonyl (C=O) groups excluding carboxylic acids is 1. The monoisotopic (exact) mass is 365 g/mol. The molecule has 1 spiro atoms. The summed E-state index contributed by atoms with van der Waals surface area (Å²) in [5.74, 6) is 0.0149. The molecule has 1 aromatic carbocycles. The molecule has 2 heterocycles. The third kappa shape index (κ3) is 4.18. The van der Waals surface area contributed by atoms with Gasteiger partial charge in [0.2, 0.25) is 0 Å². The normalized spacial score (nSPS) is 26.7. The van der Waals surface area contributed by atoms with Crippen LogP contribution in [0.15, 0.2) is 24.3 Å². The van der Waals surface area contributed by atoms with E-state index in [9.17, 15) is 9.90 Å². The van der Waals surface area contributed by atoms with Gasteiger partial charge in [-0.05, 0) is 36.5 Å². The van der Waals surface area contributed by atoms with Crippen LogP contribution >= 0.6 is 11.6 Å². The molecule has 0 aromatic heterocycles. The molecule has 138 valence electrons. The number of benzene rings is 1. The van der Waals surface area contributed by atoms with Crippen LogP contribution in [0, 0.1) is 5.41 Å². The van der Waals surface area contributed by atoms with Crippen LogP contribution in [0.1, 0.15) is 56.8 Å². The minimum Gasteiger partial charge on any atom is -0.393 e. The third-order valence-corrected chi connectivity index (χ3v) is 5.72. The first kappa shape index (κ1) is 18.7. The van der Waals surface area contributed by atoms with E-state index in [4.69, 9.17) is 16.3 Å². The van der Waals surface area contributed by atoms with Crippen LogP contribution in [0.3, 0.4) is 0 Å². The molecule has 0 unspecified atom stereocenters. The Balaban J connectivity index is 1.67. The minimum absolute atomic E-state index is 0.00212. The van der Waals surface area contributed by atoms with E-state index in [2.05, 4.69) is 20.8 Å². The molecule has 1 amide bonds. The molecule has 1 N–H and O–H groups in total. The number of halogens is 1. The quantitative estimate of drug-likeness (QED) is 0.821. The highest BCUT2D eigenvalue weighted by Crippen LogP contribution is 2.42. The van der Waals surface area contributed by atoms with Crippen molar-refractivity contribution >= 4 is 17.5 Å². The first-order chi connectivity index (χ1) is 11.7. The summed E-state index contributed by atoms with van der Waals surface area (Å²) in [5.41, 5.74) is 0.323. The summed E-state index contributed by atoms with van der Waals surface area (Å²) in [6.07, 6.45) is 2.61. The summed E-state index contributed by atoms with van der Waals surface area (Å²) in [6.45, 7) is 7.76. The summed E-state index contributed by atoms with van der Waals surface area (Å²) in [4.78, 5) is 14.6. The molecule has 0 radical (unpaired) electrons. The van der Waals surface area contributed by atoms with Crippen molar-refractivity contribution in [3.8, 4) is 0 Å². The van der Waals surface area contributed by atoms with Gasteiger partial charge in [-0.3, -0.25) is 4.79 Å². The lowest BCUT2D eigenvalue weighted by Crippen LogP contribution is -2.55. The van der Waals surface area contributed by atoms with Gasteiger partial charge in [0.1, 0.15) is 0 Å². The lowest BCUT2D eigenvalue weighted by Gasteiger charge is -2.50. The van der Waals surface area contributed by atoms with Crippen LogP contribution in [0.5, 0.6) is 0 Å². The van der Waals surface area contributed by atoms with Crippen molar-refractivity contribution in [1.29, 1.82) is 0 Å². The second-order valence-electron chi connectivity index (χ2n) is 8.55. The number of likely N-dealkylation sites (tertiary alicyclic amines) is 1. The van der Waals surface area contributed by atoms with Gasteiger partial charge in [-0.15, -0.1) is 0 Å². The van der Waals surface area contributed by atoms with Gasteiger partial charge in [0.25, 0.3) is 5.91 Å². The second kappa shape index (κ2) is 6.90. The Morgan fingerprint density at radius 2 is 2.00 bits per heavy atom. The minimum atomic E-state index is -0.326. The fraction of sp³-hybridized carbons (Fsp3) is 0.650. The maximum atomic E-state index is 12.7. The number of aliphatic hydroxyl groups is 1. The molecule has 25 heavy (non-hydrogen) atoms. The van der Waals surface area contributed by atoms with Gasteiger partial charge in [0.15, 0.2) is 0 Å². The first-order valence-electron chi connectivity index (χ1n) is 9.09. The highest BCUT2D eigenvalue weighted by molar-refractivity contribution is 6.30. The number of ether oxygens (including phenoxy) is 1. The van der Waals surface area contributed by atoms with Crippen molar-refractivity contribution in [3.63, 3.8) is 0 Å². The fourth-order valence-electron chi connectivity index (χ4n) is 3.93. The van der Waals surface area contributed by atoms with Crippen LogP contribution in [-0.4, -0.2) is 46.8 Å². The molecule has 2 aliphatic heterocycles. The standard InChI is InChI=1S/C20H28ClNO3/c1-19(2,3)17-12-16(23)13-20(25-17)7-9-22(10-8-20)18(24)14-5-4-6-15(21)11-14/h4-6,11,16-17,23H,7-10,12-13H2,1-3H3/t16-,17-/m1/s1. The lowest BCUT2D eigenvalue weighted by molar-refractivity contribution is -0.205. The van der Waals surface area contributed by atoms with Crippen LogP contribution in [0.25, 0.3) is 0 Å². The number of rotatable bonds is 1. The van der Waals surface area contributed by atoms with Crippen LogP contribution < -0.4 is 0 Å². The predicted octanol–water partition coefficient (Wildman–Crippen LogP) is 3.90. The Morgan fingerprint density at radius 1 is 1.32 bits per heavy atom. The maximum absolute atomic E-state index is 12.7. The van der Waals surface area contributed by atoms with Gasteiger partial charge in [-0.1, -0.05) is 38.4 Å². The summed E-state index contributed by atoms with van der Waals surface area (Å²) in [5, 5.41) is 10.9. The average Bonchev–Trinajstić information content (AvgIpc) is 2.53. The number of aliphatic hydroxyl groups excluding tert-OH is 1. The Hall–Kier alpha value is -1.10. The zero-order valence-corrected chi connectivity index (χ0v) is 16.1. The number of hydrogen-bond donors (Lipinski definition) is 1. The molecule has 4 nitrogen and oxygen atoms in total. The third-order valence-electron chi connectivity index (χ3n) is 5.49. The molecule has 1 aromatic rings. The molecule has 0 saturated carbocycles. The van der Waals surface area contributed by atoms with E-state index >= 15 is 0 Å². The highest BCUT2D eigenvalue weighted by Gasteiger charge is 2.46. The molecule has 5 heteroatoms. The zero-order chi connectivity index (χ0) is 18.2. The molecule has 2 fully saturated rings. The van der Waals surface area contributed by atoms with Crippen molar-refractivity contribution in [1.82, 2.24) is 4.90 Å². The number of amides is 1. The largest absolute Gasteiger partial charge is 0.393 e. The fourth-order valence-corrected chi connectivity index (χ4v) is 4.12. The van der Waals surface area contributed by atoms with E-state index in [0.29, 0.717) is 36.5 Å². The van der Waals surface area contributed by atoms with Crippen molar-refractivity contribution in [2.45, 2.75) is 64.3 Å². The topological polar surface area (TPSA) is 49.8 Å². The first-order valence-corrected chi connectivity index (χ1v) is 9.47. The van der Waals surface area contributed by atoms with Gasteiger partial charge < -0.3 is 14.7 Å². The SMILES string of the molecule is CC(C)(C)[C@H]1C[C@@H](O)CC2(CCN(C(=O)c3cccc(Cl)c3)CC2)O1. The maximum Gasteiger partial charge on any atom is 0.253 e. The van der Waals surface area contributed by atoms with Crippen molar-refractivity contribution in [2.75, 3.05) is 13.1 Å². The highest BCUT2D eigenvalue weighted by atomic mass is 35.5. The molecule has 3 rings (SSSR count). The van der Waals surface area contributed by atoms with Gasteiger partial charge in [-0.2, -0.15) is 0 Å². The molecule has 0 aliphatic carbocycles. The zero-order valence-electron chi connectivity index (χ0n) is 15.3. The predicted molar refractivity (Wildman–Crippen MR) is 98.9 cm³/mol.